The fourth-order valence-electron chi connectivity index (χ4n) is 3.80. The van der Waals surface area contributed by atoms with Crippen molar-refractivity contribution in [2.45, 2.75) is 18.9 Å². The van der Waals surface area contributed by atoms with E-state index in [0.29, 0.717) is 17.3 Å². The van der Waals surface area contributed by atoms with Crippen molar-refractivity contribution in [1.29, 1.82) is 0 Å². The number of imidazole rings is 1. The zero-order chi connectivity index (χ0) is 20.5. The molecule has 1 fully saturated rings. The number of nitrogens with one attached hydrogen (secondary N) is 1. The van der Waals surface area contributed by atoms with Gasteiger partial charge < -0.3 is 19.7 Å². The van der Waals surface area contributed by atoms with E-state index in [0.717, 1.165) is 48.4 Å². The maximum atomic E-state index is 10.3. The summed E-state index contributed by atoms with van der Waals surface area (Å²) in [5.41, 5.74) is 3.23. The smallest absolute Gasteiger partial charge is 0.237 e. The van der Waals surface area contributed by atoms with Crippen LogP contribution in [0.25, 0.3) is 23.0 Å². The molecule has 0 unspecified atom stereocenters. The fraction of sp³-hybridized carbons (Fsp3) is 0.261. The highest BCUT2D eigenvalue weighted by Crippen LogP contribution is 2.32. The number of fused-ring (bicyclic) bond motifs is 1. The van der Waals surface area contributed by atoms with Crippen molar-refractivity contribution in [2.75, 3.05) is 20.1 Å². The summed E-state index contributed by atoms with van der Waals surface area (Å²) in [6, 6.07) is 11.6. The van der Waals surface area contributed by atoms with Crippen molar-refractivity contribution in [3.05, 3.63) is 53.9 Å². The Morgan fingerprint density at radius 2 is 1.97 bits per heavy atom. The Morgan fingerprint density at radius 1 is 1.17 bits per heavy atom. The molecule has 7 nitrogen and oxygen atoms in total. The molecule has 1 saturated heterocycles. The van der Waals surface area contributed by atoms with E-state index >= 15 is 0 Å². The summed E-state index contributed by atoms with van der Waals surface area (Å²) in [6.45, 7) is 2.13. The van der Waals surface area contributed by atoms with Crippen molar-refractivity contribution >= 4 is 23.7 Å². The number of allylic oxidation sites excluding steroid dienone is 1. The van der Waals surface area contributed by atoms with E-state index in [4.69, 9.17) is 4.74 Å². The number of rotatable bonds is 4. The molecule has 2 N–H and O–H groups in total. The number of benzene rings is 1. The van der Waals surface area contributed by atoms with Gasteiger partial charge in [-0.15, -0.1) is 0 Å². The van der Waals surface area contributed by atoms with E-state index in [1.165, 1.54) is 0 Å². The van der Waals surface area contributed by atoms with Crippen LogP contribution in [0.3, 0.4) is 0 Å². The van der Waals surface area contributed by atoms with Crippen LogP contribution in [-0.4, -0.2) is 57.4 Å². The third-order valence-corrected chi connectivity index (χ3v) is 5.53. The van der Waals surface area contributed by atoms with Gasteiger partial charge >= 0.3 is 0 Å². The topological polar surface area (TPSA) is 86.6 Å². The highest BCUT2D eigenvalue weighted by atomic mass is 16.5. The van der Waals surface area contributed by atoms with Crippen LogP contribution in [0.15, 0.2) is 47.6 Å². The van der Waals surface area contributed by atoms with Gasteiger partial charge in [0.2, 0.25) is 5.88 Å². The lowest BCUT2D eigenvalue weighted by Gasteiger charge is -2.29. The van der Waals surface area contributed by atoms with Crippen molar-refractivity contribution in [3.8, 4) is 23.0 Å². The van der Waals surface area contributed by atoms with E-state index in [1.54, 1.807) is 12.4 Å². The first kappa shape index (κ1) is 18.6. The Morgan fingerprint density at radius 3 is 2.77 bits per heavy atom. The number of nitrogens with zero attached hydrogens (tertiary/aromatic N) is 4. The lowest BCUT2D eigenvalue weighted by Crippen LogP contribution is -2.35. The summed E-state index contributed by atoms with van der Waals surface area (Å²) in [5, 5.41) is 10.3. The molecule has 5 rings (SSSR count). The molecule has 30 heavy (non-hydrogen) atoms. The Bertz CT molecular complexity index is 1110. The Labute approximate surface area is 174 Å². The summed E-state index contributed by atoms with van der Waals surface area (Å²) >= 11 is 0. The molecule has 0 aliphatic carbocycles. The van der Waals surface area contributed by atoms with Gasteiger partial charge in [0.1, 0.15) is 23.4 Å². The second kappa shape index (κ2) is 7.76. The fourth-order valence-corrected chi connectivity index (χ4v) is 3.80. The van der Waals surface area contributed by atoms with E-state index in [2.05, 4.69) is 31.9 Å². The van der Waals surface area contributed by atoms with Crippen molar-refractivity contribution in [2.24, 2.45) is 4.99 Å². The van der Waals surface area contributed by atoms with Gasteiger partial charge in [-0.25, -0.2) is 9.98 Å². The molecule has 2 aromatic heterocycles. The van der Waals surface area contributed by atoms with Gasteiger partial charge in [0.15, 0.2) is 5.82 Å². The normalized spacial score (nSPS) is 18.1. The van der Waals surface area contributed by atoms with Crippen molar-refractivity contribution in [3.63, 3.8) is 0 Å². The van der Waals surface area contributed by atoms with Crippen LogP contribution in [0, 0.1) is 0 Å². The SMILES string of the molecule is CN1CCC(Oc2ccc(-c3nc(O)c(/C=C4\C=Nc5ncccc54)[nH]3)cc2)CC1. The number of piperidine rings is 1. The minimum Gasteiger partial charge on any atom is -0.492 e. The first-order chi connectivity index (χ1) is 14.7. The van der Waals surface area contributed by atoms with Crippen molar-refractivity contribution in [1.82, 2.24) is 19.9 Å². The molecule has 2 aliphatic rings. The molecule has 0 atom stereocenters. The summed E-state index contributed by atoms with van der Waals surface area (Å²) in [5.74, 6) is 2.10. The van der Waals surface area contributed by atoms with Gasteiger partial charge in [0.05, 0.1) is 0 Å². The van der Waals surface area contributed by atoms with E-state index < -0.39 is 0 Å². The Hall–Kier alpha value is -3.45. The highest BCUT2D eigenvalue weighted by Gasteiger charge is 2.18. The first-order valence-corrected chi connectivity index (χ1v) is 10.1. The van der Waals surface area contributed by atoms with Crippen molar-refractivity contribution < 1.29 is 9.84 Å². The van der Waals surface area contributed by atoms with E-state index in [1.807, 2.05) is 42.5 Å². The Kier molecular flexibility index (Phi) is 4.80. The predicted molar refractivity (Wildman–Crippen MR) is 117 cm³/mol. The lowest BCUT2D eigenvalue weighted by atomic mass is 10.1. The third-order valence-electron chi connectivity index (χ3n) is 5.53. The van der Waals surface area contributed by atoms with Gasteiger partial charge in [-0.1, -0.05) is 0 Å². The maximum Gasteiger partial charge on any atom is 0.237 e. The number of likely N-dealkylation sites (tertiary alicyclic amines) is 1. The quantitative estimate of drug-likeness (QED) is 0.692. The predicted octanol–water partition coefficient (Wildman–Crippen LogP) is 3.91. The minimum absolute atomic E-state index is 0.0464. The number of pyridine rings is 1. The molecule has 0 radical (unpaired) electrons. The monoisotopic (exact) mass is 401 g/mol. The molecule has 3 aromatic rings. The number of aromatic amines is 1. The van der Waals surface area contributed by atoms with Gasteiger partial charge in [0.25, 0.3) is 0 Å². The second-order valence-electron chi connectivity index (χ2n) is 7.70. The first-order valence-electron chi connectivity index (χ1n) is 10.1. The minimum atomic E-state index is -0.0464. The van der Waals surface area contributed by atoms with Gasteiger partial charge in [-0.05, 0) is 62.4 Å². The molecule has 0 bridgehead atoms. The maximum absolute atomic E-state index is 10.3. The summed E-state index contributed by atoms with van der Waals surface area (Å²) in [6.07, 6.45) is 7.65. The van der Waals surface area contributed by atoms with Gasteiger partial charge in [-0.3, -0.25) is 0 Å². The Balaban J connectivity index is 1.33. The number of aliphatic imine (C=N–C) groups is 1. The zero-order valence-electron chi connectivity index (χ0n) is 16.7. The van der Waals surface area contributed by atoms with Crippen LogP contribution in [-0.2, 0) is 0 Å². The number of hydrogen-bond donors (Lipinski definition) is 2. The average molecular weight is 401 g/mol. The molecule has 1 aromatic carbocycles. The van der Waals surface area contributed by atoms with E-state index in [-0.39, 0.29) is 12.0 Å². The highest BCUT2D eigenvalue weighted by molar-refractivity contribution is 6.20. The molecule has 152 valence electrons. The van der Waals surface area contributed by atoms with Crippen LogP contribution in [0.2, 0.25) is 0 Å². The molecule has 4 heterocycles. The third kappa shape index (κ3) is 3.71. The number of H-pyrrole nitrogens is 1. The summed E-state index contributed by atoms with van der Waals surface area (Å²) in [7, 11) is 2.14. The molecular weight excluding hydrogens is 378 g/mol. The zero-order valence-corrected chi connectivity index (χ0v) is 16.7. The van der Waals surface area contributed by atoms with Crippen LogP contribution in [0.4, 0.5) is 5.82 Å². The summed E-state index contributed by atoms with van der Waals surface area (Å²) in [4.78, 5) is 18.3. The average Bonchev–Trinajstić information content (AvgIpc) is 3.34. The molecule has 0 saturated carbocycles. The number of aromatic hydroxyl groups is 1. The largest absolute Gasteiger partial charge is 0.492 e. The van der Waals surface area contributed by atoms with E-state index in [9.17, 15) is 5.11 Å². The standard InChI is InChI=1S/C23H23N5O2/c1-28-11-8-18(9-12-28)30-17-6-4-15(5-7-17)21-26-20(23(29)27-21)13-16-14-25-22-19(16)3-2-10-24-22/h2-7,10,13-14,18,29H,8-9,11-12H2,1H3,(H,26,27)/b16-13+. The van der Waals surface area contributed by atoms with Crippen LogP contribution >= 0.6 is 0 Å². The van der Waals surface area contributed by atoms with Crippen LogP contribution < -0.4 is 4.74 Å². The van der Waals surface area contributed by atoms with Crippen LogP contribution in [0.5, 0.6) is 11.6 Å². The molecule has 2 aliphatic heterocycles. The molecule has 7 heteroatoms. The van der Waals surface area contributed by atoms with Gasteiger partial charge in [0, 0.05) is 42.2 Å². The second-order valence-corrected chi connectivity index (χ2v) is 7.70. The van der Waals surface area contributed by atoms with Gasteiger partial charge in [-0.2, -0.15) is 4.98 Å². The molecular formula is C23H23N5O2. The molecule has 0 spiro atoms. The summed E-state index contributed by atoms with van der Waals surface area (Å²) < 4.78 is 6.11. The number of ether oxygens (including phenoxy) is 1. The number of hydrogen-bond acceptors (Lipinski definition) is 6. The lowest BCUT2D eigenvalue weighted by molar-refractivity contribution is 0.114. The van der Waals surface area contributed by atoms with Crippen LogP contribution in [0.1, 0.15) is 24.1 Å². The number of aromatic nitrogens is 3. The molecule has 0 amide bonds.